The van der Waals surface area contributed by atoms with E-state index in [1.54, 1.807) is 35.2 Å². The molecule has 1 saturated heterocycles. The van der Waals surface area contributed by atoms with Crippen molar-refractivity contribution in [3.63, 3.8) is 0 Å². The van der Waals surface area contributed by atoms with Gasteiger partial charge in [0.25, 0.3) is 5.91 Å². The van der Waals surface area contributed by atoms with Crippen molar-refractivity contribution in [2.75, 3.05) is 38.9 Å². The molecular weight excluding hydrogens is 396 g/mol. The van der Waals surface area contributed by atoms with Crippen LogP contribution in [0, 0.1) is 0 Å². The predicted octanol–water partition coefficient (Wildman–Crippen LogP) is 2.95. The fraction of sp³-hybridized carbons (Fsp3) is 0.417. The summed E-state index contributed by atoms with van der Waals surface area (Å²) in [7, 11) is 3.00. The van der Waals surface area contributed by atoms with Crippen LogP contribution in [0.15, 0.2) is 42.5 Å². The van der Waals surface area contributed by atoms with Crippen molar-refractivity contribution in [3.05, 3.63) is 53.6 Å². The monoisotopic (exact) mass is 424 g/mol. The molecule has 2 aromatic rings. The van der Waals surface area contributed by atoms with Crippen LogP contribution in [-0.4, -0.2) is 55.7 Å². The second-order valence-corrected chi connectivity index (χ2v) is 8.10. The topological polar surface area (TPSA) is 79.3 Å². The van der Waals surface area contributed by atoms with E-state index in [1.165, 1.54) is 20.6 Å². The quantitative estimate of drug-likeness (QED) is 0.689. The Hall–Kier alpha value is -2.90. The van der Waals surface area contributed by atoms with Crippen LogP contribution in [0.2, 0.25) is 0 Å². The molecule has 2 heterocycles. The van der Waals surface area contributed by atoms with Crippen LogP contribution >= 0.6 is 0 Å². The minimum Gasteiger partial charge on any atom is -0.497 e. The van der Waals surface area contributed by atoms with Gasteiger partial charge in [0.1, 0.15) is 11.5 Å². The predicted molar refractivity (Wildman–Crippen MR) is 117 cm³/mol. The average molecular weight is 424 g/mol. The van der Waals surface area contributed by atoms with Crippen molar-refractivity contribution in [2.24, 2.45) is 0 Å². The third-order valence-corrected chi connectivity index (χ3v) is 6.15. The molecule has 0 aliphatic carbocycles. The number of hydrogen-bond acceptors (Lipinski definition) is 6. The molecule has 0 aromatic heterocycles. The van der Waals surface area contributed by atoms with Crippen LogP contribution < -0.4 is 14.4 Å². The van der Waals surface area contributed by atoms with E-state index in [-0.39, 0.29) is 12.2 Å². The first-order valence-electron chi connectivity index (χ1n) is 10.6. The summed E-state index contributed by atoms with van der Waals surface area (Å²) in [6, 6.07) is 12.0. The van der Waals surface area contributed by atoms with Crippen molar-refractivity contribution in [2.45, 2.75) is 31.3 Å². The highest BCUT2D eigenvalue weighted by atomic mass is 16.5. The highest BCUT2D eigenvalue weighted by molar-refractivity contribution is 6.11. The van der Waals surface area contributed by atoms with Crippen molar-refractivity contribution >= 4 is 17.4 Å². The van der Waals surface area contributed by atoms with E-state index >= 15 is 0 Å². The number of hydrogen-bond donors (Lipinski definition) is 1. The third-order valence-electron chi connectivity index (χ3n) is 6.15. The smallest absolute Gasteiger partial charge is 0.265 e. The lowest BCUT2D eigenvalue weighted by atomic mass is 9.88. The lowest BCUT2D eigenvalue weighted by molar-refractivity contribution is -0.136. The van der Waals surface area contributed by atoms with Gasteiger partial charge in [0.05, 0.1) is 38.6 Å². The fourth-order valence-electron chi connectivity index (χ4n) is 4.48. The zero-order valence-electron chi connectivity index (χ0n) is 18.0. The van der Waals surface area contributed by atoms with E-state index in [2.05, 4.69) is 4.90 Å². The maximum atomic E-state index is 13.4. The molecule has 1 atom stereocenters. The Kier molecular flexibility index (Phi) is 5.98. The molecule has 1 amide bonds. The Morgan fingerprint density at radius 2 is 1.81 bits per heavy atom. The van der Waals surface area contributed by atoms with Gasteiger partial charge in [-0.15, -0.1) is 0 Å². The Morgan fingerprint density at radius 1 is 1.06 bits per heavy atom. The number of nitrogens with zero attached hydrogens (tertiary/aromatic N) is 2. The number of benzene rings is 2. The summed E-state index contributed by atoms with van der Waals surface area (Å²) in [5, 5.41) is 11.5. The molecule has 7 heteroatoms. The van der Waals surface area contributed by atoms with Gasteiger partial charge in [-0.05, 0) is 44.1 Å². The number of methoxy groups -OCH3 is 2. The second kappa shape index (κ2) is 8.69. The molecular formula is C24H28N2O5. The Balaban J connectivity index is 1.63. The molecule has 1 N–H and O–H groups in total. The van der Waals surface area contributed by atoms with Gasteiger partial charge in [0, 0.05) is 11.6 Å². The summed E-state index contributed by atoms with van der Waals surface area (Å²) in [5.41, 5.74) is -0.474. The van der Waals surface area contributed by atoms with Gasteiger partial charge < -0.3 is 14.6 Å². The minimum atomic E-state index is -1.91. The molecule has 31 heavy (non-hydrogen) atoms. The number of aliphatic hydroxyl groups is 1. The van der Waals surface area contributed by atoms with E-state index in [9.17, 15) is 14.7 Å². The van der Waals surface area contributed by atoms with E-state index in [4.69, 9.17) is 9.47 Å². The van der Waals surface area contributed by atoms with Crippen molar-refractivity contribution in [3.8, 4) is 11.5 Å². The number of piperidine rings is 1. The van der Waals surface area contributed by atoms with Crippen LogP contribution in [0.5, 0.6) is 11.5 Å². The van der Waals surface area contributed by atoms with Gasteiger partial charge in [-0.2, -0.15) is 0 Å². The van der Waals surface area contributed by atoms with Crippen molar-refractivity contribution in [1.29, 1.82) is 0 Å². The molecule has 0 spiro atoms. The normalized spacial score (nSPS) is 21.1. The van der Waals surface area contributed by atoms with Gasteiger partial charge in [-0.1, -0.05) is 24.6 Å². The molecule has 4 rings (SSSR count). The van der Waals surface area contributed by atoms with E-state index in [1.807, 2.05) is 12.1 Å². The summed E-state index contributed by atoms with van der Waals surface area (Å²) in [6.07, 6.45) is 3.04. The number of ketones is 1. The van der Waals surface area contributed by atoms with E-state index < -0.39 is 11.5 Å². The molecule has 2 aliphatic heterocycles. The number of rotatable bonds is 7. The zero-order chi connectivity index (χ0) is 22.0. The zero-order valence-corrected chi connectivity index (χ0v) is 18.0. The van der Waals surface area contributed by atoms with Crippen LogP contribution in [-0.2, 0) is 10.4 Å². The molecule has 164 valence electrons. The number of carbonyl (C=O) groups excluding carboxylic acids is 2. The van der Waals surface area contributed by atoms with Crippen molar-refractivity contribution < 1.29 is 24.2 Å². The number of Topliss-reactive ketones (excluding diaryl/α,β-unsaturated/α-hetero) is 1. The van der Waals surface area contributed by atoms with Gasteiger partial charge in [0.15, 0.2) is 11.4 Å². The van der Waals surface area contributed by atoms with E-state index in [0.717, 1.165) is 25.9 Å². The molecule has 0 radical (unpaired) electrons. The summed E-state index contributed by atoms with van der Waals surface area (Å²) < 4.78 is 10.5. The highest BCUT2D eigenvalue weighted by Gasteiger charge is 2.51. The number of anilines is 1. The molecule has 2 aromatic carbocycles. The second-order valence-electron chi connectivity index (χ2n) is 8.10. The summed E-state index contributed by atoms with van der Waals surface area (Å²) >= 11 is 0. The maximum Gasteiger partial charge on any atom is 0.265 e. The van der Waals surface area contributed by atoms with Crippen LogP contribution in [0.3, 0.4) is 0 Å². The fourth-order valence-corrected chi connectivity index (χ4v) is 4.48. The summed E-state index contributed by atoms with van der Waals surface area (Å²) in [5.74, 6) is 0.0732. The first kappa shape index (κ1) is 21.3. The van der Waals surface area contributed by atoms with Crippen LogP contribution in [0.4, 0.5) is 5.69 Å². The van der Waals surface area contributed by atoms with Crippen LogP contribution in [0.1, 0.15) is 41.6 Å². The van der Waals surface area contributed by atoms with Gasteiger partial charge in [0.2, 0.25) is 0 Å². The molecule has 2 aliphatic rings. The number of para-hydroxylation sites is 1. The number of amides is 1. The average Bonchev–Trinajstić information content (AvgIpc) is 3.01. The molecule has 0 bridgehead atoms. The Labute approximate surface area is 182 Å². The third kappa shape index (κ3) is 3.91. The first-order chi connectivity index (χ1) is 15.0. The minimum absolute atomic E-state index is 0.302. The number of ether oxygens (including phenoxy) is 2. The molecule has 1 fully saturated rings. The highest BCUT2D eigenvalue weighted by Crippen LogP contribution is 2.43. The first-order valence-corrected chi connectivity index (χ1v) is 10.6. The van der Waals surface area contributed by atoms with Gasteiger partial charge in [-0.3, -0.25) is 19.4 Å². The summed E-state index contributed by atoms with van der Waals surface area (Å²) in [6.45, 7) is 2.26. The lowest BCUT2D eigenvalue weighted by Crippen LogP contribution is -2.47. The lowest BCUT2D eigenvalue weighted by Gasteiger charge is -2.31. The van der Waals surface area contributed by atoms with Crippen molar-refractivity contribution in [1.82, 2.24) is 4.90 Å². The SMILES string of the molecule is COc1ccc(C(=O)CC2(O)C(=O)N(CN3CCCCC3)c3ccccc32)c(OC)c1. The number of carbonyl (C=O) groups is 2. The maximum absolute atomic E-state index is 13.4. The Morgan fingerprint density at radius 3 is 2.52 bits per heavy atom. The molecule has 0 saturated carbocycles. The summed E-state index contributed by atoms with van der Waals surface area (Å²) in [4.78, 5) is 30.4. The van der Waals surface area contributed by atoms with E-state index in [0.29, 0.717) is 35.0 Å². The van der Waals surface area contributed by atoms with Crippen LogP contribution in [0.25, 0.3) is 0 Å². The molecule has 7 nitrogen and oxygen atoms in total. The van der Waals surface area contributed by atoms with Gasteiger partial charge in [-0.25, -0.2) is 0 Å². The number of fused-ring (bicyclic) bond motifs is 1. The number of likely N-dealkylation sites (tertiary alicyclic amines) is 1. The molecule has 1 unspecified atom stereocenters. The standard InChI is InChI=1S/C24H28N2O5/c1-30-17-10-11-18(22(14-17)31-2)21(27)15-24(29)19-8-4-5-9-20(19)26(23(24)28)16-25-12-6-3-7-13-25/h4-5,8-11,14,29H,3,6-7,12-13,15-16H2,1-2H3. The Bertz CT molecular complexity index is 986. The van der Waals surface area contributed by atoms with Gasteiger partial charge >= 0.3 is 0 Å². The largest absolute Gasteiger partial charge is 0.497 e.